The van der Waals surface area contributed by atoms with Crippen molar-refractivity contribution in [1.82, 2.24) is 0 Å². The zero-order chi connectivity index (χ0) is 33.9. The molecule has 0 bridgehead atoms. The van der Waals surface area contributed by atoms with Crippen LogP contribution in [0.4, 0.5) is 11.4 Å². The molecular formula is C47H56N2. The maximum absolute atomic E-state index is 3.51. The van der Waals surface area contributed by atoms with Gasteiger partial charge < -0.3 is 10.6 Å². The summed E-state index contributed by atoms with van der Waals surface area (Å²) in [5.41, 5.74) is 5.72. The van der Waals surface area contributed by atoms with E-state index in [0.717, 1.165) is 0 Å². The molecule has 2 atom stereocenters. The number of rotatable bonds is 11. The second kappa shape index (κ2) is 20.1. The summed E-state index contributed by atoms with van der Waals surface area (Å²) in [4.78, 5) is 0. The van der Waals surface area contributed by atoms with Gasteiger partial charge in [-0.25, -0.2) is 0 Å². The molecule has 0 fully saturated rings. The summed E-state index contributed by atoms with van der Waals surface area (Å²) in [6.45, 7) is 4.53. The Bertz CT molecular complexity index is 1610. The van der Waals surface area contributed by atoms with Crippen molar-refractivity contribution in [2.75, 3.05) is 10.6 Å². The fourth-order valence-corrected chi connectivity index (χ4v) is 6.69. The van der Waals surface area contributed by atoms with Crippen molar-refractivity contribution in [1.29, 1.82) is 0 Å². The highest BCUT2D eigenvalue weighted by atomic mass is 15.0. The van der Waals surface area contributed by atoms with Crippen molar-refractivity contribution in [3.05, 3.63) is 157 Å². The third kappa shape index (κ3) is 11.0. The normalized spacial score (nSPS) is 14.7. The van der Waals surface area contributed by atoms with E-state index in [0.29, 0.717) is 12.1 Å². The predicted molar refractivity (Wildman–Crippen MR) is 216 cm³/mol. The second-order valence-corrected chi connectivity index (χ2v) is 13.3. The van der Waals surface area contributed by atoms with Crippen LogP contribution in [0.25, 0.3) is 21.5 Å². The van der Waals surface area contributed by atoms with Gasteiger partial charge in [0.25, 0.3) is 0 Å². The summed E-state index contributed by atoms with van der Waals surface area (Å²) in [6, 6.07) is 52.0. The van der Waals surface area contributed by atoms with Gasteiger partial charge in [-0.2, -0.15) is 0 Å². The Hall–Kier alpha value is -4.56. The van der Waals surface area contributed by atoms with E-state index in [9.17, 15) is 0 Å². The molecule has 0 saturated carbocycles. The van der Waals surface area contributed by atoms with Crippen LogP contribution in [-0.2, 0) is 0 Å². The molecule has 49 heavy (non-hydrogen) atoms. The van der Waals surface area contributed by atoms with Crippen LogP contribution in [0.5, 0.6) is 0 Å². The minimum absolute atomic E-state index is 0.642. The molecule has 0 saturated heterocycles. The molecule has 2 aliphatic heterocycles. The van der Waals surface area contributed by atoms with Gasteiger partial charge >= 0.3 is 0 Å². The Morgan fingerprint density at radius 3 is 0.959 bits per heavy atom. The summed E-state index contributed by atoms with van der Waals surface area (Å²) in [5, 5.41) is 12.3. The van der Waals surface area contributed by atoms with Crippen molar-refractivity contribution in [3.63, 3.8) is 0 Å². The highest BCUT2D eigenvalue weighted by Gasteiger charge is 2.24. The van der Waals surface area contributed by atoms with Crippen LogP contribution in [0.1, 0.15) is 108 Å². The average Bonchev–Trinajstić information content (AvgIpc) is 3.14. The lowest BCUT2D eigenvalue weighted by Gasteiger charge is -2.32. The van der Waals surface area contributed by atoms with Crippen molar-refractivity contribution in [2.24, 2.45) is 0 Å². The van der Waals surface area contributed by atoms with E-state index in [4.69, 9.17) is 0 Å². The molecule has 2 N–H and O–H groups in total. The van der Waals surface area contributed by atoms with E-state index in [-0.39, 0.29) is 0 Å². The summed E-state index contributed by atoms with van der Waals surface area (Å²) in [5.74, 6) is 0. The predicted octanol–water partition coefficient (Wildman–Crippen LogP) is 14.3. The number of benzene rings is 6. The molecule has 254 valence electrons. The molecule has 6 aromatic rings. The SMILES string of the molecule is CCCCCCC1Nc2ccccc21.CCCCCCCC1Nc2ccccc21.c1ccc2ccccc2c1.c1ccc2ccccc2c1. The van der Waals surface area contributed by atoms with Gasteiger partial charge in [-0.1, -0.05) is 205 Å². The van der Waals surface area contributed by atoms with Crippen LogP contribution < -0.4 is 10.6 Å². The monoisotopic (exact) mass is 648 g/mol. The number of hydrogen-bond donors (Lipinski definition) is 2. The van der Waals surface area contributed by atoms with Crippen LogP contribution in [0.2, 0.25) is 0 Å². The van der Waals surface area contributed by atoms with Crippen molar-refractivity contribution >= 4 is 32.9 Å². The third-order valence-electron chi connectivity index (χ3n) is 9.59. The third-order valence-corrected chi connectivity index (χ3v) is 9.59. The van der Waals surface area contributed by atoms with E-state index in [1.807, 2.05) is 0 Å². The van der Waals surface area contributed by atoms with Gasteiger partial charge in [-0.3, -0.25) is 0 Å². The van der Waals surface area contributed by atoms with Gasteiger partial charge in [0.15, 0.2) is 0 Å². The molecule has 0 radical (unpaired) electrons. The number of nitrogens with one attached hydrogen (secondary N) is 2. The average molecular weight is 649 g/mol. The number of para-hydroxylation sites is 2. The molecule has 2 aliphatic rings. The van der Waals surface area contributed by atoms with Crippen LogP contribution >= 0.6 is 0 Å². The highest BCUT2D eigenvalue weighted by Crippen LogP contribution is 2.39. The van der Waals surface area contributed by atoms with E-state index in [1.165, 1.54) is 115 Å². The fraction of sp³-hybridized carbons (Fsp3) is 0.319. The quantitative estimate of drug-likeness (QED) is 0.137. The molecular weight excluding hydrogens is 593 g/mol. The molecule has 2 heteroatoms. The lowest BCUT2D eigenvalue weighted by molar-refractivity contribution is 0.559. The lowest BCUT2D eigenvalue weighted by atomic mass is 9.92. The molecule has 0 aromatic heterocycles. The molecule has 8 rings (SSSR count). The maximum atomic E-state index is 3.51. The first-order valence-corrected chi connectivity index (χ1v) is 18.8. The summed E-state index contributed by atoms with van der Waals surface area (Å²) >= 11 is 0. The molecule has 0 aliphatic carbocycles. The molecule has 0 spiro atoms. The Labute approximate surface area is 296 Å². The molecule has 2 nitrogen and oxygen atoms in total. The summed E-state index contributed by atoms with van der Waals surface area (Å²) < 4.78 is 0. The van der Waals surface area contributed by atoms with E-state index in [2.05, 4.69) is 170 Å². The zero-order valence-electron chi connectivity index (χ0n) is 29.8. The van der Waals surface area contributed by atoms with Crippen LogP contribution in [0.15, 0.2) is 146 Å². The number of anilines is 2. The lowest BCUT2D eigenvalue weighted by Crippen LogP contribution is -2.22. The van der Waals surface area contributed by atoms with E-state index >= 15 is 0 Å². The molecule has 2 heterocycles. The highest BCUT2D eigenvalue weighted by molar-refractivity contribution is 5.82. The van der Waals surface area contributed by atoms with Gasteiger partial charge in [-0.15, -0.1) is 0 Å². The van der Waals surface area contributed by atoms with Crippen molar-refractivity contribution in [2.45, 2.75) is 96.6 Å². The van der Waals surface area contributed by atoms with Gasteiger partial charge in [0.05, 0.1) is 12.1 Å². The van der Waals surface area contributed by atoms with Crippen LogP contribution in [-0.4, -0.2) is 0 Å². The Balaban J connectivity index is 0.000000129. The van der Waals surface area contributed by atoms with Crippen LogP contribution in [0.3, 0.4) is 0 Å². The van der Waals surface area contributed by atoms with E-state index < -0.39 is 0 Å². The maximum Gasteiger partial charge on any atom is 0.0534 e. The smallest absolute Gasteiger partial charge is 0.0534 e. The van der Waals surface area contributed by atoms with Crippen molar-refractivity contribution in [3.8, 4) is 0 Å². The first-order valence-electron chi connectivity index (χ1n) is 18.8. The summed E-state index contributed by atoms with van der Waals surface area (Å²) in [7, 11) is 0. The number of unbranched alkanes of at least 4 members (excludes halogenated alkanes) is 7. The zero-order valence-corrected chi connectivity index (χ0v) is 29.8. The Morgan fingerprint density at radius 1 is 0.347 bits per heavy atom. The molecule has 0 amide bonds. The van der Waals surface area contributed by atoms with Gasteiger partial charge in [0.1, 0.15) is 0 Å². The second-order valence-electron chi connectivity index (χ2n) is 13.3. The fourth-order valence-electron chi connectivity index (χ4n) is 6.69. The van der Waals surface area contributed by atoms with Gasteiger partial charge in [0.2, 0.25) is 0 Å². The van der Waals surface area contributed by atoms with Crippen molar-refractivity contribution < 1.29 is 0 Å². The summed E-state index contributed by atoms with van der Waals surface area (Å²) in [6.07, 6.45) is 15.0. The number of hydrogen-bond acceptors (Lipinski definition) is 2. The van der Waals surface area contributed by atoms with E-state index in [1.54, 1.807) is 0 Å². The Kier molecular flexibility index (Phi) is 14.6. The first kappa shape index (κ1) is 35.7. The molecule has 6 aromatic carbocycles. The number of fused-ring (bicyclic) bond motifs is 4. The Morgan fingerprint density at radius 2 is 0.633 bits per heavy atom. The topological polar surface area (TPSA) is 24.1 Å². The first-order chi connectivity index (χ1) is 24.3. The largest absolute Gasteiger partial charge is 0.378 e. The van der Waals surface area contributed by atoms with Crippen LogP contribution in [0, 0.1) is 0 Å². The minimum atomic E-state index is 0.642. The molecule has 2 unspecified atom stereocenters. The minimum Gasteiger partial charge on any atom is -0.378 e. The van der Waals surface area contributed by atoms with Gasteiger partial charge in [-0.05, 0) is 57.6 Å². The van der Waals surface area contributed by atoms with Gasteiger partial charge in [0, 0.05) is 11.4 Å². The standard InChI is InChI=1S/C14H21N.C13H19N.2C10H8/c1-2-3-4-5-6-10-13-12-9-7-8-11-14(12)15-13;1-2-3-4-5-9-12-11-8-6-7-10-13(11)14-12;2*1-2-6-10-8-4-3-7-9(10)5-1/h7-9,11,13,15H,2-6,10H2,1H3;6-8,10,12,14H,2-5,9H2,1H3;2*1-8H.